The molecule has 0 saturated heterocycles. The minimum atomic E-state index is -0.218. The molecule has 3 rings (SSSR count). The Labute approximate surface area is 152 Å². The van der Waals surface area contributed by atoms with Crippen LogP contribution in [0.4, 0.5) is 0 Å². The lowest BCUT2D eigenvalue weighted by Crippen LogP contribution is -2.32. The molecular formula is C18H25N5OS. The Morgan fingerprint density at radius 2 is 2.04 bits per heavy atom. The van der Waals surface area contributed by atoms with Gasteiger partial charge in [0.2, 0.25) is 11.1 Å². The Morgan fingerprint density at radius 3 is 2.80 bits per heavy atom. The van der Waals surface area contributed by atoms with Crippen molar-refractivity contribution in [2.75, 3.05) is 6.54 Å². The number of aromatic nitrogens is 4. The highest BCUT2D eigenvalue weighted by Gasteiger charge is 2.23. The van der Waals surface area contributed by atoms with Crippen LogP contribution >= 0.6 is 11.8 Å². The summed E-state index contributed by atoms with van der Waals surface area (Å²) in [6.45, 7) is 2.55. The summed E-state index contributed by atoms with van der Waals surface area (Å²) in [6, 6.07) is 10.5. The molecule has 0 spiro atoms. The van der Waals surface area contributed by atoms with E-state index >= 15 is 0 Å². The van der Waals surface area contributed by atoms with Crippen LogP contribution in [0.1, 0.15) is 50.6 Å². The second-order valence-corrected chi connectivity index (χ2v) is 7.79. The predicted octanol–water partition coefficient (Wildman–Crippen LogP) is 3.02. The molecule has 1 aromatic heterocycles. The van der Waals surface area contributed by atoms with Gasteiger partial charge in [-0.2, -0.15) is 0 Å². The third kappa shape index (κ3) is 5.04. The first-order chi connectivity index (χ1) is 12.2. The predicted molar refractivity (Wildman–Crippen MR) is 98.4 cm³/mol. The molecule has 7 heteroatoms. The Kier molecular flexibility index (Phi) is 6.44. The molecule has 1 saturated carbocycles. The number of benzene rings is 1. The van der Waals surface area contributed by atoms with Gasteiger partial charge in [0, 0.05) is 6.54 Å². The Bertz CT molecular complexity index is 669. The van der Waals surface area contributed by atoms with Crippen LogP contribution in [-0.4, -0.2) is 37.9 Å². The molecule has 0 aliphatic heterocycles. The summed E-state index contributed by atoms with van der Waals surface area (Å²) in [7, 11) is 0. The van der Waals surface area contributed by atoms with E-state index in [9.17, 15) is 4.79 Å². The van der Waals surface area contributed by atoms with Crippen molar-refractivity contribution < 1.29 is 4.79 Å². The summed E-state index contributed by atoms with van der Waals surface area (Å²) in [5.74, 6) is 0.0270. The summed E-state index contributed by atoms with van der Waals surface area (Å²) >= 11 is 1.44. The number of hydrogen-bond acceptors (Lipinski definition) is 5. The van der Waals surface area contributed by atoms with Gasteiger partial charge in [0.15, 0.2) is 0 Å². The van der Waals surface area contributed by atoms with Gasteiger partial charge in [-0.1, -0.05) is 61.4 Å². The highest BCUT2D eigenvalue weighted by atomic mass is 32.2. The Morgan fingerprint density at radius 1 is 1.28 bits per heavy atom. The molecule has 1 amide bonds. The average Bonchev–Trinajstić information content (AvgIpc) is 3.11. The molecule has 1 atom stereocenters. The van der Waals surface area contributed by atoms with Gasteiger partial charge in [0.05, 0.1) is 11.3 Å². The van der Waals surface area contributed by atoms with Crippen LogP contribution in [0.5, 0.6) is 0 Å². The van der Waals surface area contributed by atoms with E-state index in [1.807, 2.05) is 29.8 Å². The van der Waals surface area contributed by atoms with Crippen LogP contribution in [0.25, 0.3) is 0 Å². The first-order valence-electron chi connectivity index (χ1n) is 9.00. The third-order valence-corrected chi connectivity index (χ3v) is 5.64. The van der Waals surface area contributed by atoms with Crippen LogP contribution in [0.15, 0.2) is 35.5 Å². The summed E-state index contributed by atoms with van der Waals surface area (Å²) in [5, 5.41) is 15.6. The molecular weight excluding hydrogens is 334 g/mol. The first-order valence-corrected chi connectivity index (χ1v) is 9.88. The molecule has 1 aliphatic rings. The Hall–Kier alpha value is -1.89. The number of hydrogen-bond donors (Lipinski definition) is 1. The molecule has 25 heavy (non-hydrogen) atoms. The highest BCUT2D eigenvalue weighted by Crippen LogP contribution is 2.31. The number of tetrazole rings is 1. The van der Waals surface area contributed by atoms with E-state index in [1.54, 1.807) is 0 Å². The number of carbonyl (C=O) groups is 1. The Balaban J connectivity index is 1.49. The topological polar surface area (TPSA) is 72.7 Å². The van der Waals surface area contributed by atoms with Gasteiger partial charge >= 0.3 is 0 Å². The second-order valence-electron chi connectivity index (χ2n) is 6.48. The number of amides is 1. The zero-order valence-electron chi connectivity index (χ0n) is 14.6. The molecule has 0 radical (unpaired) electrons. The fourth-order valence-corrected chi connectivity index (χ4v) is 4.03. The normalized spacial score (nSPS) is 16.5. The maximum atomic E-state index is 12.3. The smallest absolute Gasteiger partial charge is 0.233 e. The summed E-state index contributed by atoms with van der Waals surface area (Å²) in [6.07, 6.45) is 6.83. The van der Waals surface area contributed by atoms with Crippen molar-refractivity contribution in [1.29, 1.82) is 0 Å². The summed E-state index contributed by atoms with van der Waals surface area (Å²) < 4.78 is 1.91. The maximum absolute atomic E-state index is 12.3. The highest BCUT2D eigenvalue weighted by molar-refractivity contribution is 8.00. The fourth-order valence-electron chi connectivity index (χ4n) is 3.15. The molecule has 1 aliphatic carbocycles. The second kappa shape index (κ2) is 8.99. The lowest BCUT2D eigenvalue weighted by atomic mass is 9.96. The van der Waals surface area contributed by atoms with Crippen molar-refractivity contribution in [3.8, 4) is 0 Å². The largest absolute Gasteiger partial charge is 0.355 e. The lowest BCUT2D eigenvalue weighted by molar-refractivity contribution is -0.120. The fraction of sp³-hybridized carbons (Fsp3) is 0.556. The minimum absolute atomic E-state index is 0.0270. The van der Waals surface area contributed by atoms with Gasteiger partial charge in [-0.25, -0.2) is 4.68 Å². The van der Waals surface area contributed by atoms with Crippen molar-refractivity contribution in [3.63, 3.8) is 0 Å². The molecule has 1 unspecified atom stereocenters. The maximum Gasteiger partial charge on any atom is 0.233 e. The zero-order chi connectivity index (χ0) is 17.5. The van der Waals surface area contributed by atoms with E-state index in [0.29, 0.717) is 12.6 Å². The van der Waals surface area contributed by atoms with Crippen molar-refractivity contribution in [1.82, 2.24) is 25.5 Å². The number of thioether (sulfide) groups is 1. The lowest BCUT2D eigenvalue weighted by Gasteiger charge is -2.22. The van der Waals surface area contributed by atoms with Gasteiger partial charge in [-0.05, 0) is 42.2 Å². The zero-order valence-corrected chi connectivity index (χ0v) is 15.4. The van der Waals surface area contributed by atoms with E-state index in [2.05, 4.69) is 33.0 Å². The molecule has 1 N–H and O–H groups in total. The number of nitrogens with one attached hydrogen (secondary N) is 1. The molecule has 134 valence electrons. The van der Waals surface area contributed by atoms with Crippen molar-refractivity contribution in [3.05, 3.63) is 35.9 Å². The van der Waals surface area contributed by atoms with Gasteiger partial charge in [-0.15, -0.1) is 5.10 Å². The summed E-state index contributed by atoms with van der Waals surface area (Å²) in [4.78, 5) is 12.3. The third-order valence-electron chi connectivity index (χ3n) is 4.59. The van der Waals surface area contributed by atoms with Crippen LogP contribution < -0.4 is 5.32 Å². The van der Waals surface area contributed by atoms with E-state index in [4.69, 9.17) is 0 Å². The SMILES string of the molecule is CC(Sc1nnnn1C1CCCCC1)C(=O)NCCc1ccccc1. The standard InChI is InChI=1S/C18H25N5OS/c1-14(17(24)19-13-12-15-8-4-2-5-9-15)25-18-20-21-22-23(18)16-10-6-3-7-11-16/h2,4-5,8-9,14,16H,3,6-7,10-13H2,1H3,(H,19,24). The summed E-state index contributed by atoms with van der Waals surface area (Å²) in [5.41, 5.74) is 1.23. The quantitative estimate of drug-likeness (QED) is 0.769. The van der Waals surface area contributed by atoms with Crippen LogP contribution in [0.3, 0.4) is 0 Å². The molecule has 6 nitrogen and oxygen atoms in total. The molecule has 0 bridgehead atoms. The van der Waals surface area contributed by atoms with Crippen molar-refractivity contribution in [2.24, 2.45) is 0 Å². The van der Waals surface area contributed by atoms with E-state index in [-0.39, 0.29) is 11.2 Å². The molecule has 1 fully saturated rings. The van der Waals surface area contributed by atoms with Gasteiger partial charge in [0.1, 0.15) is 0 Å². The van der Waals surface area contributed by atoms with Crippen molar-refractivity contribution in [2.45, 2.75) is 61.9 Å². The average molecular weight is 359 g/mol. The van der Waals surface area contributed by atoms with Crippen LogP contribution in [-0.2, 0) is 11.2 Å². The van der Waals surface area contributed by atoms with Gasteiger partial charge in [-0.3, -0.25) is 4.79 Å². The van der Waals surface area contributed by atoms with E-state index in [0.717, 1.165) is 24.4 Å². The van der Waals surface area contributed by atoms with E-state index < -0.39 is 0 Å². The number of rotatable bonds is 7. The monoisotopic (exact) mass is 359 g/mol. The first kappa shape index (κ1) is 17.9. The van der Waals surface area contributed by atoms with Crippen LogP contribution in [0, 0.1) is 0 Å². The molecule has 1 heterocycles. The number of nitrogens with zero attached hydrogens (tertiary/aromatic N) is 4. The van der Waals surface area contributed by atoms with Crippen LogP contribution in [0.2, 0.25) is 0 Å². The number of carbonyl (C=O) groups excluding carboxylic acids is 1. The molecule has 2 aromatic rings. The van der Waals surface area contributed by atoms with E-state index in [1.165, 1.54) is 36.6 Å². The van der Waals surface area contributed by atoms with Gasteiger partial charge in [0.25, 0.3) is 0 Å². The van der Waals surface area contributed by atoms with Crippen molar-refractivity contribution >= 4 is 17.7 Å². The minimum Gasteiger partial charge on any atom is -0.355 e. The molecule has 1 aromatic carbocycles. The van der Waals surface area contributed by atoms with Gasteiger partial charge < -0.3 is 5.32 Å².